The molecule has 2 aromatic carbocycles. The lowest BCUT2D eigenvalue weighted by atomic mass is 9.95. The topological polar surface area (TPSA) is 127 Å². The highest BCUT2D eigenvalue weighted by Crippen LogP contribution is 2.36. The number of nitro benzene ring substituents is 1. The van der Waals surface area contributed by atoms with Crippen molar-refractivity contribution in [2.45, 2.75) is 19.9 Å². The lowest BCUT2D eigenvalue weighted by Crippen LogP contribution is -2.40. The van der Waals surface area contributed by atoms with Crippen molar-refractivity contribution in [3.63, 3.8) is 0 Å². The maximum absolute atomic E-state index is 14.0. The average molecular weight is 575 g/mol. The second-order valence-corrected chi connectivity index (χ2v) is 10.0. The summed E-state index contributed by atoms with van der Waals surface area (Å²) in [6.45, 7) is 3.60. The van der Waals surface area contributed by atoms with Crippen LogP contribution in [0, 0.1) is 10.1 Å². The Labute approximate surface area is 238 Å². The fourth-order valence-corrected chi connectivity index (χ4v) is 5.78. The number of carbonyl (C=O) groups is 1. The lowest BCUT2D eigenvalue weighted by molar-refractivity contribution is -0.384. The summed E-state index contributed by atoms with van der Waals surface area (Å²) in [4.78, 5) is 42.8. The molecule has 210 valence electrons. The molecule has 1 aliphatic rings. The van der Waals surface area contributed by atoms with Gasteiger partial charge in [0.1, 0.15) is 0 Å². The molecule has 0 saturated heterocycles. The summed E-state index contributed by atoms with van der Waals surface area (Å²) >= 11 is 1.20. The Morgan fingerprint density at radius 2 is 1.85 bits per heavy atom. The maximum atomic E-state index is 14.0. The van der Waals surface area contributed by atoms with E-state index in [0.717, 1.165) is 0 Å². The molecule has 0 unspecified atom stereocenters. The molecule has 0 N–H and O–H groups in total. The van der Waals surface area contributed by atoms with Crippen LogP contribution < -0.4 is 24.4 Å². The summed E-state index contributed by atoms with van der Waals surface area (Å²) < 4.78 is 20.0. The van der Waals surface area contributed by atoms with Crippen LogP contribution in [-0.4, -0.2) is 40.9 Å². The van der Waals surface area contributed by atoms with Crippen molar-refractivity contribution < 1.29 is 23.9 Å². The maximum Gasteiger partial charge on any atom is 0.338 e. The van der Waals surface area contributed by atoms with Crippen molar-refractivity contribution >= 4 is 29.1 Å². The molecular weight excluding hydrogens is 548 g/mol. The lowest BCUT2D eigenvalue weighted by Gasteiger charge is -2.25. The molecule has 11 nitrogen and oxygen atoms in total. The number of methoxy groups -OCH3 is 2. The van der Waals surface area contributed by atoms with E-state index in [1.165, 1.54) is 42.3 Å². The molecule has 0 bridgehead atoms. The molecule has 4 aromatic rings. The highest BCUT2D eigenvalue weighted by Gasteiger charge is 2.34. The first kappa shape index (κ1) is 27.6. The van der Waals surface area contributed by atoms with Gasteiger partial charge >= 0.3 is 5.97 Å². The molecule has 1 atom stereocenters. The Bertz CT molecular complexity index is 1870. The number of ether oxygens (including phenoxy) is 3. The van der Waals surface area contributed by atoms with Crippen LogP contribution in [0.15, 0.2) is 81.9 Å². The number of thiazole rings is 1. The van der Waals surface area contributed by atoms with Crippen LogP contribution in [0.25, 0.3) is 11.8 Å². The number of non-ortho nitro benzene ring substituents is 1. The predicted molar refractivity (Wildman–Crippen MR) is 152 cm³/mol. The van der Waals surface area contributed by atoms with E-state index in [1.807, 2.05) is 16.7 Å². The molecular formula is C29H26N4O7S. The van der Waals surface area contributed by atoms with Gasteiger partial charge in [-0.2, -0.15) is 0 Å². The van der Waals surface area contributed by atoms with Gasteiger partial charge in [0, 0.05) is 29.7 Å². The summed E-state index contributed by atoms with van der Waals surface area (Å²) in [7, 11) is 3.04. The number of hydrogen-bond acceptors (Lipinski definition) is 9. The molecule has 0 aliphatic carbocycles. The minimum absolute atomic E-state index is 0.0151. The second-order valence-electron chi connectivity index (χ2n) is 8.99. The van der Waals surface area contributed by atoms with E-state index in [2.05, 4.69) is 4.99 Å². The first-order valence-corrected chi connectivity index (χ1v) is 13.4. The monoisotopic (exact) mass is 574 g/mol. The first-order chi connectivity index (χ1) is 19.8. The largest absolute Gasteiger partial charge is 0.493 e. The van der Waals surface area contributed by atoms with Crippen LogP contribution in [0.4, 0.5) is 5.69 Å². The smallest absolute Gasteiger partial charge is 0.338 e. The van der Waals surface area contributed by atoms with Crippen LogP contribution >= 0.6 is 11.3 Å². The molecule has 3 heterocycles. The standard InChI is InChI=1S/C29H26N4O7S/c1-5-40-28(35)25-17(2)30-29-32(26(25)18-8-13-22(38-3)23(15-18)39-4)27(34)24(41-29)16-21-7-6-14-31(21)19-9-11-20(12-10-19)33(36)37/h6-16,26H,5H2,1-4H3/b24-16-/t26-/m0/s1. The van der Waals surface area contributed by atoms with E-state index < -0.39 is 16.9 Å². The normalized spacial score (nSPS) is 14.8. The summed E-state index contributed by atoms with van der Waals surface area (Å²) in [5.74, 6) is 0.398. The van der Waals surface area contributed by atoms with Gasteiger partial charge in [-0.1, -0.05) is 17.4 Å². The Kier molecular flexibility index (Phi) is 7.58. The van der Waals surface area contributed by atoms with Gasteiger partial charge in [-0.3, -0.25) is 19.5 Å². The van der Waals surface area contributed by atoms with Gasteiger partial charge in [0.25, 0.3) is 11.2 Å². The van der Waals surface area contributed by atoms with Gasteiger partial charge in [-0.15, -0.1) is 0 Å². The summed E-state index contributed by atoms with van der Waals surface area (Å²) in [6, 6.07) is 14.2. The Balaban J connectivity index is 1.68. The van der Waals surface area contributed by atoms with Gasteiger partial charge in [0.15, 0.2) is 16.3 Å². The fraction of sp³-hybridized carbons (Fsp3) is 0.207. The number of fused-ring (bicyclic) bond motifs is 1. The van der Waals surface area contributed by atoms with E-state index in [9.17, 15) is 19.7 Å². The van der Waals surface area contributed by atoms with E-state index >= 15 is 0 Å². The highest BCUT2D eigenvalue weighted by molar-refractivity contribution is 7.07. The summed E-state index contributed by atoms with van der Waals surface area (Å²) in [5.41, 5.74) is 2.37. The van der Waals surface area contributed by atoms with E-state index in [0.29, 0.717) is 43.5 Å². The summed E-state index contributed by atoms with van der Waals surface area (Å²) in [5, 5.41) is 11.1. The van der Waals surface area contributed by atoms with Crippen LogP contribution in [-0.2, 0) is 9.53 Å². The number of rotatable bonds is 8. The zero-order chi connectivity index (χ0) is 29.3. The third-order valence-electron chi connectivity index (χ3n) is 6.64. The number of carbonyl (C=O) groups excluding carboxylic acids is 1. The third kappa shape index (κ3) is 5.05. The quantitative estimate of drug-likeness (QED) is 0.179. The highest BCUT2D eigenvalue weighted by atomic mass is 32.1. The van der Waals surface area contributed by atoms with Gasteiger partial charge in [0.05, 0.1) is 47.6 Å². The average Bonchev–Trinajstić information content (AvgIpc) is 3.55. The van der Waals surface area contributed by atoms with E-state index in [1.54, 1.807) is 56.5 Å². The molecule has 0 amide bonds. The number of allylic oxidation sites excluding steroid dienone is 1. The molecule has 41 heavy (non-hydrogen) atoms. The van der Waals surface area contributed by atoms with Gasteiger partial charge in [-0.05, 0) is 61.9 Å². The van der Waals surface area contributed by atoms with Gasteiger partial charge in [-0.25, -0.2) is 9.79 Å². The minimum atomic E-state index is -0.811. The number of nitro groups is 1. The van der Waals surface area contributed by atoms with E-state index in [4.69, 9.17) is 14.2 Å². The fourth-order valence-electron chi connectivity index (χ4n) is 4.75. The van der Waals surface area contributed by atoms with Crippen molar-refractivity contribution in [1.82, 2.24) is 9.13 Å². The first-order valence-electron chi connectivity index (χ1n) is 12.6. The molecule has 0 saturated carbocycles. The van der Waals surface area contributed by atoms with Crippen molar-refractivity contribution in [2.24, 2.45) is 4.99 Å². The van der Waals surface area contributed by atoms with Crippen LogP contribution in [0.3, 0.4) is 0 Å². The molecule has 2 aromatic heterocycles. The van der Waals surface area contributed by atoms with Crippen molar-refractivity contribution in [3.05, 3.63) is 113 Å². The molecule has 0 radical (unpaired) electrons. The van der Waals surface area contributed by atoms with Crippen LogP contribution in [0.2, 0.25) is 0 Å². The third-order valence-corrected chi connectivity index (χ3v) is 7.62. The zero-order valence-corrected chi connectivity index (χ0v) is 23.5. The number of nitrogens with zero attached hydrogens (tertiary/aromatic N) is 4. The minimum Gasteiger partial charge on any atom is -0.493 e. The van der Waals surface area contributed by atoms with Crippen molar-refractivity contribution in [1.29, 1.82) is 0 Å². The SMILES string of the molecule is CCOC(=O)C1=C(C)N=c2s/c(=C\c3cccn3-c3ccc([N+](=O)[O-])cc3)c(=O)n2[C@H]1c1ccc(OC)c(OC)c1. The number of hydrogen-bond donors (Lipinski definition) is 0. The Hall–Kier alpha value is -4.97. The van der Waals surface area contributed by atoms with Crippen molar-refractivity contribution in [2.75, 3.05) is 20.8 Å². The van der Waals surface area contributed by atoms with E-state index in [-0.39, 0.29) is 23.4 Å². The van der Waals surface area contributed by atoms with Crippen LogP contribution in [0.5, 0.6) is 11.5 Å². The van der Waals surface area contributed by atoms with Crippen molar-refractivity contribution in [3.8, 4) is 17.2 Å². The summed E-state index contributed by atoms with van der Waals surface area (Å²) in [6.07, 6.45) is 3.54. The van der Waals surface area contributed by atoms with Crippen LogP contribution in [0.1, 0.15) is 31.1 Å². The zero-order valence-electron chi connectivity index (χ0n) is 22.7. The molecule has 0 fully saturated rings. The Morgan fingerprint density at radius 3 is 2.51 bits per heavy atom. The van der Waals surface area contributed by atoms with Gasteiger partial charge in [0.2, 0.25) is 0 Å². The predicted octanol–water partition coefficient (Wildman–Crippen LogP) is 3.51. The number of aromatic nitrogens is 2. The Morgan fingerprint density at radius 1 is 1.12 bits per heavy atom. The molecule has 1 aliphatic heterocycles. The molecule has 12 heteroatoms. The molecule has 0 spiro atoms. The van der Waals surface area contributed by atoms with Gasteiger partial charge < -0.3 is 18.8 Å². The number of benzene rings is 2. The number of esters is 1. The molecule has 5 rings (SSSR count). The second kappa shape index (κ2) is 11.3.